The Morgan fingerprint density at radius 1 is 1.23 bits per heavy atom. The second-order valence-corrected chi connectivity index (χ2v) is 10.2. The molecule has 35 heavy (non-hydrogen) atoms. The summed E-state index contributed by atoms with van der Waals surface area (Å²) in [4.78, 5) is 22.2. The summed E-state index contributed by atoms with van der Waals surface area (Å²) in [5, 5.41) is 16.7. The molecule has 3 heterocycles. The number of imidazole rings is 1. The van der Waals surface area contributed by atoms with E-state index in [1.807, 2.05) is 53.0 Å². The largest absolute Gasteiger partial charge is 0.388 e. The molecule has 1 N–H and O–H groups in total. The molecule has 1 aliphatic heterocycles. The number of hydrogen-bond acceptors (Lipinski definition) is 5. The Bertz CT molecular complexity index is 1440. The van der Waals surface area contributed by atoms with Crippen LogP contribution in [0.1, 0.15) is 59.2 Å². The van der Waals surface area contributed by atoms with Gasteiger partial charge in [0.05, 0.1) is 36.2 Å². The van der Waals surface area contributed by atoms with Crippen LogP contribution < -0.4 is 0 Å². The van der Waals surface area contributed by atoms with Crippen LogP contribution in [0.5, 0.6) is 0 Å². The third-order valence-corrected chi connectivity index (χ3v) is 7.42. The number of Topliss-reactive ketones (excluding diaryl/α,β-unsaturated/α-hetero) is 1. The molecule has 1 fully saturated rings. The highest BCUT2D eigenvalue weighted by molar-refractivity contribution is 6.17. The second kappa shape index (κ2) is 8.57. The summed E-state index contributed by atoms with van der Waals surface area (Å²) in [6, 6.07) is 12.2. The van der Waals surface area contributed by atoms with Gasteiger partial charge in [0, 0.05) is 54.1 Å². The Morgan fingerprint density at radius 3 is 3.00 bits per heavy atom. The van der Waals surface area contributed by atoms with Gasteiger partial charge in [0.25, 0.3) is 0 Å². The minimum absolute atomic E-state index is 0.138. The summed E-state index contributed by atoms with van der Waals surface area (Å²) in [7, 11) is 1.92. The van der Waals surface area contributed by atoms with Crippen molar-refractivity contribution < 1.29 is 9.90 Å². The SMILES string of the molecule is Cn1cc2cc(C3=NCc4ccc(C(=O)C[C@@H]5CCC[C@@](O)(Cn6ccnc6)C5)cc43)ccc2n1. The fourth-order valence-electron chi connectivity index (χ4n) is 5.78. The van der Waals surface area contributed by atoms with Gasteiger partial charge in [-0.05, 0) is 48.9 Å². The first-order valence-corrected chi connectivity index (χ1v) is 12.3. The monoisotopic (exact) mass is 467 g/mol. The van der Waals surface area contributed by atoms with E-state index in [9.17, 15) is 9.90 Å². The van der Waals surface area contributed by atoms with Crippen molar-refractivity contribution in [2.24, 2.45) is 18.0 Å². The van der Waals surface area contributed by atoms with E-state index in [-0.39, 0.29) is 11.7 Å². The number of benzene rings is 2. The number of carbonyl (C=O) groups excluding carboxylic acids is 1. The molecule has 0 saturated heterocycles. The van der Waals surface area contributed by atoms with Crippen LogP contribution in [0.15, 0.2) is 66.3 Å². The molecular formula is C28H29N5O2. The molecule has 1 saturated carbocycles. The molecule has 7 heteroatoms. The molecular weight excluding hydrogens is 438 g/mol. The first-order chi connectivity index (χ1) is 17.0. The lowest BCUT2D eigenvalue weighted by atomic mass is 9.75. The van der Waals surface area contributed by atoms with Gasteiger partial charge < -0.3 is 9.67 Å². The predicted octanol–water partition coefficient (Wildman–Crippen LogP) is 4.32. The molecule has 2 aliphatic rings. The lowest BCUT2D eigenvalue weighted by molar-refractivity contribution is -0.0302. The smallest absolute Gasteiger partial charge is 0.163 e. The first kappa shape index (κ1) is 21.9. The second-order valence-electron chi connectivity index (χ2n) is 10.2. The highest BCUT2D eigenvalue weighted by Crippen LogP contribution is 2.36. The molecule has 0 bridgehead atoms. The summed E-state index contributed by atoms with van der Waals surface area (Å²) >= 11 is 0. The normalized spacial score (nSPS) is 21.8. The van der Waals surface area contributed by atoms with Gasteiger partial charge in [-0.3, -0.25) is 14.5 Å². The highest BCUT2D eigenvalue weighted by atomic mass is 16.3. The van der Waals surface area contributed by atoms with Crippen LogP contribution in [0.4, 0.5) is 0 Å². The quantitative estimate of drug-likeness (QED) is 0.428. The minimum Gasteiger partial charge on any atom is -0.388 e. The standard InChI is InChI=1S/C28H29N5O2/c1-32-16-23-12-21(6-7-25(23)31-32)27-24-13-20(4-5-22(24)15-30-27)26(34)11-19-3-2-8-28(35,14-19)17-33-10-9-29-18-33/h4-7,9-10,12-13,16,18-19,35H,2-3,8,11,14-15,17H2,1H3/t19-,28-/m0/s1. The molecule has 2 aromatic carbocycles. The number of fused-ring (bicyclic) bond motifs is 2. The number of ketones is 1. The molecule has 0 unspecified atom stereocenters. The van der Waals surface area contributed by atoms with Crippen LogP contribution in [0.3, 0.4) is 0 Å². The van der Waals surface area contributed by atoms with Gasteiger partial charge in [-0.2, -0.15) is 5.10 Å². The van der Waals surface area contributed by atoms with E-state index < -0.39 is 5.60 Å². The van der Waals surface area contributed by atoms with E-state index in [2.05, 4.69) is 22.2 Å². The van der Waals surface area contributed by atoms with Gasteiger partial charge >= 0.3 is 0 Å². The first-order valence-electron chi connectivity index (χ1n) is 12.3. The zero-order chi connectivity index (χ0) is 24.0. The molecule has 2 aromatic heterocycles. The fraction of sp³-hybridized carbons (Fsp3) is 0.357. The average molecular weight is 468 g/mol. The van der Waals surface area contributed by atoms with E-state index in [0.717, 1.165) is 58.1 Å². The molecule has 7 nitrogen and oxygen atoms in total. The number of nitrogens with zero attached hydrogens (tertiary/aromatic N) is 5. The lowest BCUT2D eigenvalue weighted by Gasteiger charge is -2.37. The van der Waals surface area contributed by atoms with Crippen molar-refractivity contribution in [3.63, 3.8) is 0 Å². The molecule has 1 aliphatic carbocycles. The molecule has 4 aromatic rings. The third kappa shape index (κ3) is 4.32. The van der Waals surface area contributed by atoms with Crippen molar-refractivity contribution in [2.75, 3.05) is 0 Å². The lowest BCUT2D eigenvalue weighted by Crippen LogP contribution is -2.39. The van der Waals surface area contributed by atoms with Crippen molar-refractivity contribution in [3.05, 3.63) is 83.6 Å². The zero-order valence-electron chi connectivity index (χ0n) is 19.9. The molecule has 6 rings (SSSR count). The van der Waals surface area contributed by atoms with Crippen LogP contribution >= 0.6 is 0 Å². The summed E-state index contributed by atoms with van der Waals surface area (Å²) in [5.74, 6) is 0.317. The molecule has 0 radical (unpaired) electrons. The number of aromatic nitrogens is 4. The van der Waals surface area contributed by atoms with Crippen LogP contribution in [0.25, 0.3) is 10.9 Å². The van der Waals surface area contributed by atoms with Gasteiger partial charge in [0.1, 0.15) is 0 Å². The van der Waals surface area contributed by atoms with Crippen LogP contribution in [0.2, 0.25) is 0 Å². The Morgan fingerprint density at radius 2 is 2.14 bits per heavy atom. The van der Waals surface area contributed by atoms with Crippen molar-refractivity contribution in [2.45, 2.75) is 50.8 Å². The van der Waals surface area contributed by atoms with Gasteiger partial charge in [0.2, 0.25) is 0 Å². The van der Waals surface area contributed by atoms with Gasteiger partial charge in [0.15, 0.2) is 5.78 Å². The summed E-state index contributed by atoms with van der Waals surface area (Å²) in [6.07, 6.45) is 11.1. The zero-order valence-corrected chi connectivity index (χ0v) is 19.9. The Balaban J connectivity index is 1.19. The topological polar surface area (TPSA) is 85.3 Å². The Hall–Kier alpha value is -3.58. The molecule has 178 valence electrons. The van der Waals surface area contributed by atoms with Crippen LogP contribution in [-0.4, -0.2) is 41.5 Å². The van der Waals surface area contributed by atoms with Crippen molar-refractivity contribution in [1.29, 1.82) is 0 Å². The van der Waals surface area contributed by atoms with E-state index >= 15 is 0 Å². The maximum atomic E-state index is 13.3. The van der Waals surface area contributed by atoms with Crippen molar-refractivity contribution in [3.8, 4) is 0 Å². The highest BCUT2D eigenvalue weighted by Gasteiger charge is 2.35. The van der Waals surface area contributed by atoms with Gasteiger partial charge in [-0.1, -0.05) is 24.6 Å². The number of hydrogen-bond donors (Lipinski definition) is 1. The van der Waals surface area contributed by atoms with Crippen LogP contribution in [0, 0.1) is 5.92 Å². The van der Waals surface area contributed by atoms with E-state index in [4.69, 9.17) is 4.99 Å². The molecule has 0 amide bonds. The third-order valence-electron chi connectivity index (χ3n) is 7.42. The van der Waals surface area contributed by atoms with E-state index in [1.54, 1.807) is 12.5 Å². The van der Waals surface area contributed by atoms with Crippen LogP contribution in [-0.2, 0) is 20.1 Å². The molecule has 2 atom stereocenters. The Kier molecular flexibility index (Phi) is 5.37. The number of rotatable bonds is 6. The number of carbonyl (C=O) groups is 1. The number of aliphatic hydroxyl groups is 1. The van der Waals surface area contributed by atoms with Crippen molar-refractivity contribution in [1.82, 2.24) is 19.3 Å². The average Bonchev–Trinajstić information content (AvgIpc) is 3.57. The van der Waals surface area contributed by atoms with Gasteiger partial charge in [-0.15, -0.1) is 0 Å². The van der Waals surface area contributed by atoms with Crippen molar-refractivity contribution >= 4 is 22.4 Å². The minimum atomic E-state index is -0.785. The van der Waals surface area contributed by atoms with E-state index in [0.29, 0.717) is 25.9 Å². The summed E-state index contributed by atoms with van der Waals surface area (Å²) in [6.45, 7) is 1.16. The van der Waals surface area contributed by atoms with Gasteiger partial charge in [-0.25, -0.2) is 4.98 Å². The summed E-state index contributed by atoms with van der Waals surface area (Å²) < 4.78 is 3.74. The maximum absolute atomic E-state index is 13.3. The fourth-order valence-corrected chi connectivity index (χ4v) is 5.78. The predicted molar refractivity (Wildman–Crippen MR) is 135 cm³/mol. The van der Waals surface area contributed by atoms with E-state index in [1.165, 1.54) is 0 Å². The molecule has 0 spiro atoms. The number of aliphatic imine (C=N–C) groups is 1. The Labute approximate surface area is 204 Å². The summed E-state index contributed by atoms with van der Waals surface area (Å²) in [5.41, 5.74) is 5.07. The number of aryl methyl sites for hydroxylation is 1. The maximum Gasteiger partial charge on any atom is 0.163 e.